The van der Waals surface area contributed by atoms with Gasteiger partial charge in [0.1, 0.15) is 11.6 Å². The van der Waals surface area contributed by atoms with Gasteiger partial charge in [-0.25, -0.2) is 0 Å². The van der Waals surface area contributed by atoms with Crippen molar-refractivity contribution in [2.45, 2.75) is 13.3 Å². The molecule has 0 heterocycles. The van der Waals surface area contributed by atoms with Crippen LogP contribution in [0.3, 0.4) is 0 Å². The predicted molar refractivity (Wildman–Crippen MR) is 23.8 cm³/mol. The molecule has 0 spiro atoms. The Morgan fingerprint density at radius 3 is 1.86 bits per heavy atom. The quantitative estimate of drug-likeness (QED) is 0.404. The molecule has 0 saturated heterocycles. The van der Waals surface area contributed by atoms with E-state index >= 15 is 0 Å². The number of hydrogen-bond acceptors (Lipinski definition) is 2. The molecule has 0 amide bonds. The molecule has 0 N–H and O–H groups in total. The van der Waals surface area contributed by atoms with Crippen molar-refractivity contribution < 1.29 is 9.59 Å². The molecule has 2 nitrogen and oxygen atoms in total. The van der Waals surface area contributed by atoms with Crippen molar-refractivity contribution in [1.82, 2.24) is 0 Å². The number of rotatable bonds is 0. The van der Waals surface area contributed by atoms with E-state index in [0.29, 0.717) is 0 Å². The van der Waals surface area contributed by atoms with E-state index in [1.54, 1.807) is 6.92 Å². The van der Waals surface area contributed by atoms with Gasteiger partial charge >= 0.3 is 0 Å². The molecule has 0 radical (unpaired) electrons. The number of Topliss-reactive ketones (excluding diaryl/α,β-unsaturated/α-hetero) is 2. The summed E-state index contributed by atoms with van der Waals surface area (Å²) in [4.78, 5) is 20.4. The van der Waals surface area contributed by atoms with E-state index in [2.05, 4.69) is 0 Å². The maximum absolute atomic E-state index is 10.2. The Labute approximate surface area is 41.5 Å². The van der Waals surface area contributed by atoms with Crippen LogP contribution in [0.2, 0.25) is 0 Å². The van der Waals surface area contributed by atoms with Gasteiger partial charge in [0.25, 0.3) is 0 Å². The maximum Gasteiger partial charge on any atom is 0.150 e. The third-order valence-corrected chi connectivity index (χ3v) is 1.31. The number of carbonyl (C=O) groups is 2. The Kier molecular flexibility index (Phi) is 0.741. The second kappa shape index (κ2) is 1.15. The van der Waals surface area contributed by atoms with Crippen LogP contribution in [0.1, 0.15) is 13.3 Å². The van der Waals surface area contributed by atoms with Gasteiger partial charge in [0.05, 0.1) is 12.3 Å². The SMILES string of the molecule is CC1C(=O)CC1=O. The molecule has 0 aliphatic heterocycles. The zero-order valence-corrected chi connectivity index (χ0v) is 4.10. The topological polar surface area (TPSA) is 34.1 Å². The van der Waals surface area contributed by atoms with E-state index in [4.69, 9.17) is 0 Å². The van der Waals surface area contributed by atoms with Gasteiger partial charge in [-0.3, -0.25) is 9.59 Å². The van der Waals surface area contributed by atoms with Crippen LogP contribution in [0.15, 0.2) is 0 Å². The van der Waals surface area contributed by atoms with Crippen molar-refractivity contribution in [1.29, 1.82) is 0 Å². The average Bonchev–Trinajstić information content (AvgIpc) is 1.68. The summed E-state index contributed by atoms with van der Waals surface area (Å²) >= 11 is 0. The van der Waals surface area contributed by atoms with Crippen LogP contribution < -0.4 is 0 Å². The van der Waals surface area contributed by atoms with Crippen molar-refractivity contribution in [3.05, 3.63) is 0 Å². The lowest BCUT2D eigenvalue weighted by atomic mass is 9.84. The second-order valence-electron chi connectivity index (χ2n) is 1.83. The van der Waals surface area contributed by atoms with Gasteiger partial charge in [-0.05, 0) is 6.92 Å². The zero-order chi connectivity index (χ0) is 5.44. The lowest BCUT2D eigenvalue weighted by Crippen LogP contribution is -2.34. The highest BCUT2D eigenvalue weighted by Gasteiger charge is 2.32. The summed E-state index contributed by atoms with van der Waals surface area (Å²) in [6.07, 6.45) is 0.182. The highest BCUT2D eigenvalue weighted by atomic mass is 16.2. The summed E-state index contributed by atoms with van der Waals surface area (Å²) in [5.41, 5.74) is 0. The molecule has 0 atom stereocenters. The van der Waals surface area contributed by atoms with Crippen LogP contribution in [-0.2, 0) is 9.59 Å². The number of ketones is 2. The summed E-state index contributed by atoms with van der Waals surface area (Å²) in [5.74, 6) is -0.102. The molecule has 1 aliphatic rings. The Bertz CT molecular complexity index is 112. The van der Waals surface area contributed by atoms with E-state index < -0.39 is 0 Å². The van der Waals surface area contributed by atoms with Crippen LogP contribution in [0.4, 0.5) is 0 Å². The highest BCUT2D eigenvalue weighted by molar-refractivity contribution is 6.20. The van der Waals surface area contributed by atoms with Crippen molar-refractivity contribution in [2.24, 2.45) is 5.92 Å². The first kappa shape index (κ1) is 4.50. The monoisotopic (exact) mass is 98.0 g/mol. The lowest BCUT2D eigenvalue weighted by molar-refractivity contribution is -0.142. The van der Waals surface area contributed by atoms with Crippen LogP contribution in [0.5, 0.6) is 0 Å². The lowest BCUT2D eigenvalue weighted by Gasteiger charge is -2.16. The molecule has 1 fully saturated rings. The average molecular weight is 98.1 g/mol. The Morgan fingerprint density at radius 1 is 1.43 bits per heavy atom. The molecule has 38 valence electrons. The first-order chi connectivity index (χ1) is 3.22. The predicted octanol–water partition coefficient (Wildman–Crippen LogP) is 0.164. The fourth-order valence-electron chi connectivity index (χ4n) is 0.526. The fraction of sp³-hybridized carbons (Fsp3) is 0.600. The van der Waals surface area contributed by atoms with Gasteiger partial charge in [0.2, 0.25) is 0 Å². The molecule has 0 aromatic rings. The minimum atomic E-state index is -0.278. The van der Waals surface area contributed by atoms with Crippen molar-refractivity contribution in [3.8, 4) is 0 Å². The van der Waals surface area contributed by atoms with Gasteiger partial charge in [-0.2, -0.15) is 0 Å². The van der Waals surface area contributed by atoms with Gasteiger partial charge in [-0.1, -0.05) is 0 Å². The van der Waals surface area contributed by atoms with Crippen molar-refractivity contribution >= 4 is 11.6 Å². The second-order valence-corrected chi connectivity index (χ2v) is 1.83. The van der Waals surface area contributed by atoms with E-state index in [1.807, 2.05) is 0 Å². The molecular weight excluding hydrogens is 92.1 g/mol. The Morgan fingerprint density at radius 2 is 1.86 bits per heavy atom. The fourth-order valence-corrected chi connectivity index (χ4v) is 0.526. The summed E-state index contributed by atoms with van der Waals surface area (Å²) in [6, 6.07) is 0. The van der Waals surface area contributed by atoms with E-state index in [0.717, 1.165) is 0 Å². The minimum absolute atomic E-state index is 0.0880. The van der Waals surface area contributed by atoms with E-state index in [9.17, 15) is 9.59 Å². The molecule has 0 bridgehead atoms. The molecule has 1 aliphatic carbocycles. The molecule has 7 heavy (non-hydrogen) atoms. The first-order valence-corrected chi connectivity index (χ1v) is 2.27. The zero-order valence-electron chi connectivity index (χ0n) is 4.10. The third kappa shape index (κ3) is 0.463. The number of carbonyl (C=O) groups excluding carboxylic acids is 2. The minimum Gasteiger partial charge on any atom is -0.298 e. The molecular formula is C5H6O2. The molecule has 0 aromatic carbocycles. The van der Waals surface area contributed by atoms with Gasteiger partial charge < -0.3 is 0 Å². The molecule has 2 heteroatoms. The van der Waals surface area contributed by atoms with Gasteiger partial charge in [0, 0.05) is 0 Å². The van der Waals surface area contributed by atoms with E-state index in [-0.39, 0.29) is 23.9 Å². The largest absolute Gasteiger partial charge is 0.298 e. The Hall–Kier alpha value is -0.660. The molecule has 0 unspecified atom stereocenters. The molecule has 0 aromatic heterocycles. The first-order valence-electron chi connectivity index (χ1n) is 2.27. The Balaban J connectivity index is 2.59. The van der Waals surface area contributed by atoms with Gasteiger partial charge in [-0.15, -0.1) is 0 Å². The smallest absolute Gasteiger partial charge is 0.150 e. The van der Waals surface area contributed by atoms with Crippen molar-refractivity contribution in [3.63, 3.8) is 0 Å². The van der Waals surface area contributed by atoms with E-state index in [1.165, 1.54) is 0 Å². The van der Waals surface area contributed by atoms with Crippen LogP contribution in [-0.4, -0.2) is 11.6 Å². The third-order valence-electron chi connectivity index (χ3n) is 1.31. The van der Waals surface area contributed by atoms with Crippen LogP contribution in [0.25, 0.3) is 0 Å². The summed E-state index contributed by atoms with van der Waals surface area (Å²) in [5, 5.41) is 0. The number of hydrogen-bond donors (Lipinski definition) is 0. The highest BCUT2D eigenvalue weighted by Crippen LogP contribution is 2.15. The molecule has 1 saturated carbocycles. The summed E-state index contributed by atoms with van der Waals surface area (Å²) in [7, 11) is 0. The standard InChI is InChI=1S/C5H6O2/c1-3-4(6)2-5(3)7/h3H,2H2,1H3. The normalized spacial score (nSPS) is 22.4. The van der Waals surface area contributed by atoms with Crippen LogP contribution >= 0.6 is 0 Å². The summed E-state index contributed by atoms with van der Waals surface area (Å²) in [6.45, 7) is 1.65. The van der Waals surface area contributed by atoms with Gasteiger partial charge in [0.15, 0.2) is 0 Å². The van der Waals surface area contributed by atoms with Crippen LogP contribution in [0, 0.1) is 5.92 Å². The summed E-state index contributed by atoms with van der Waals surface area (Å²) < 4.78 is 0. The van der Waals surface area contributed by atoms with Crippen molar-refractivity contribution in [2.75, 3.05) is 0 Å². The molecule has 1 rings (SSSR count). The maximum atomic E-state index is 10.2.